The van der Waals surface area contributed by atoms with Crippen molar-refractivity contribution in [1.82, 2.24) is 4.90 Å². The minimum Gasteiger partial charge on any atom is -0.339 e. The summed E-state index contributed by atoms with van der Waals surface area (Å²) in [7, 11) is -1.25. The van der Waals surface area contributed by atoms with Gasteiger partial charge in [-0.05, 0) is 13.3 Å². The van der Waals surface area contributed by atoms with Crippen LogP contribution in [0.5, 0.6) is 0 Å². The number of amides is 1. The molecule has 0 radical (unpaired) electrons. The van der Waals surface area contributed by atoms with E-state index >= 15 is 0 Å². The Morgan fingerprint density at radius 1 is 1.50 bits per heavy atom. The van der Waals surface area contributed by atoms with Crippen LogP contribution in [-0.2, 0) is 14.6 Å². The van der Waals surface area contributed by atoms with Crippen molar-refractivity contribution in [2.24, 2.45) is 0 Å². The maximum atomic E-state index is 11.4. The van der Waals surface area contributed by atoms with Crippen LogP contribution >= 0.6 is 0 Å². The Morgan fingerprint density at radius 3 is 2.43 bits per heavy atom. The molecule has 1 heterocycles. The molecule has 1 amide bonds. The largest absolute Gasteiger partial charge is 0.339 e. The topological polar surface area (TPSA) is 54.5 Å². The van der Waals surface area contributed by atoms with Crippen molar-refractivity contribution in [1.29, 1.82) is 0 Å². The first-order valence-corrected chi connectivity index (χ1v) is 6.60. The Bertz CT molecular complexity index is 336. The summed E-state index contributed by atoms with van der Waals surface area (Å²) in [5, 5.41) is 0. The summed E-state index contributed by atoms with van der Waals surface area (Å²) in [4.78, 5) is 13.0. The number of nitrogens with zero attached hydrogens (tertiary/aromatic N) is 1. The van der Waals surface area contributed by atoms with Crippen molar-refractivity contribution in [3.63, 3.8) is 0 Å². The van der Waals surface area contributed by atoms with E-state index in [2.05, 4.69) is 0 Å². The summed E-state index contributed by atoms with van der Waals surface area (Å²) in [6, 6.07) is 0. The summed E-state index contributed by atoms with van der Waals surface area (Å²) in [6.07, 6.45) is 0.976. The molecule has 0 aliphatic carbocycles. The van der Waals surface area contributed by atoms with Crippen LogP contribution in [0.2, 0.25) is 0 Å². The molecule has 82 valence electrons. The Hall–Kier alpha value is -0.580. The SMILES string of the molecule is CCC(=O)N(C)[C@]1(C)CCS(=O)(=O)C1. The maximum absolute atomic E-state index is 11.4. The van der Waals surface area contributed by atoms with E-state index < -0.39 is 15.4 Å². The highest BCUT2D eigenvalue weighted by Crippen LogP contribution is 2.28. The van der Waals surface area contributed by atoms with E-state index in [9.17, 15) is 13.2 Å². The Labute approximate surface area is 85.2 Å². The second-order valence-electron chi connectivity index (χ2n) is 4.15. The summed E-state index contributed by atoms with van der Waals surface area (Å²) in [5.41, 5.74) is -0.494. The van der Waals surface area contributed by atoms with Gasteiger partial charge in [-0.2, -0.15) is 0 Å². The Balaban J connectivity index is 2.83. The van der Waals surface area contributed by atoms with Gasteiger partial charge >= 0.3 is 0 Å². The second-order valence-corrected chi connectivity index (χ2v) is 6.33. The molecular formula is C9H17NO3S. The van der Waals surface area contributed by atoms with Crippen LogP contribution in [0, 0.1) is 0 Å². The molecule has 0 aromatic carbocycles. The molecule has 0 N–H and O–H groups in total. The molecule has 0 bridgehead atoms. The van der Waals surface area contributed by atoms with Gasteiger partial charge in [0.2, 0.25) is 5.91 Å². The third kappa shape index (κ3) is 2.08. The molecule has 4 nitrogen and oxygen atoms in total. The molecule has 0 aromatic rings. The average Bonchev–Trinajstić information content (AvgIpc) is 2.39. The smallest absolute Gasteiger partial charge is 0.222 e. The molecule has 14 heavy (non-hydrogen) atoms. The first kappa shape index (κ1) is 11.5. The summed E-state index contributed by atoms with van der Waals surface area (Å²) in [6.45, 7) is 3.62. The van der Waals surface area contributed by atoms with E-state index in [-0.39, 0.29) is 17.4 Å². The molecule has 0 unspecified atom stereocenters. The molecule has 0 spiro atoms. The van der Waals surface area contributed by atoms with Crippen molar-refractivity contribution in [3.8, 4) is 0 Å². The molecule has 5 heteroatoms. The molecule has 1 fully saturated rings. The third-order valence-corrected chi connectivity index (χ3v) is 4.86. The van der Waals surface area contributed by atoms with E-state index in [0.29, 0.717) is 12.8 Å². The van der Waals surface area contributed by atoms with Crippen molar-refractivity contribution < 1.29 is 13.2 Å². The predicted octanol–water partition coefficient (Wildman–Crippen LogP) is 0.432. The zero-order valence-corrected chi connectivity index (χ0v) is 9.73. The minimum absolute atomic E-state index is 0.00426. The van der Waals surface area contributed by atoms with E-state index in [1.807, 2.05) is 6.92 Å². The van der Waals surface area contributed by atoms with Gasteiger partial charge in [0.05, 0.1) is 17.0 Å². The third-order valence-electron chi connectivity index (χ3n) is 2.97. The predicted molar refractivity (Wildman–Crippen MR) is 54.7 cm³/mol. The van der Waals surface area contributed by atoms with Crippen molar-refractivity contribution in [2.45, 2.75) is 32.2 Å². The van der Waals surface area contributed by atoms with Gasteiger partial charge < -0.3 is 4.90 Å². The fraction of sp³-hybridized carbons (Fsp3) is 0.889. The van der Waals surface area contributed by atoms with Crippen molar-refractivity contribution in [3.05, 3.63) is 0 Å². The molecule has 1 atom stereocenters. The fourth-order valence-corrected chi connectivity index (χ4v) is 3.98. The van der Waals surface area contributed by atoms with Gasteiger partial charge in [-0.3, -0.25) is 4.79 Å². The number of rotatable bonds is 2. The van der Waals surface area contributed by atoms with Crippen LogP contribution < -0.4 is 0 Å². The van der Waals surface area contributed by atoms with E-state index in [4.69, 9.17) is 0 Å². The number of hydrogen-bond donors (Lipinski definition) is 0. The highest BCUT2D eigenvalue weighted by Gasteiger charge is 2.42. The molecule has 1 rings (SSSR count). The molecule has 1 aliphatic rings. The van der Waals surface area contributed by atoms with Crippen LogP contribution in [0.3, 0.4) is 0 Å². The molecule has 1 saturated heterocycles. The molecular weight excluding hydrogens is 202 g/mol. The standard InChI is InChI=1S/C9H17NO3S/c1-4-8(11)10(3)9(2)5-6-14(12,13)7-9/h4-7H2,1-3H3/t9-/m1/s1. The van der Waals surface area contributed by atoms with Gasteiger partial charge in [-0.15, -0.1) is 0 Å². The first-order chi connectivity index (χ1) is 6.31. The van der Waals surface area contributed by atoms with Crippen molar-refractivity contribution >= 4 is 15.7 Å². The lowest BCUT2D eigenvalue weighted by Crippen LogP contribution is -2.48. The number of sulfone groups is 1. The van der Waals surface area contributed by atoms with E-state index in [1.54, 1.807) is 18.9 Å². The second kappa shape index (κ2) is 3.53. The van der Waals surface area contributed by atoms with Gasteiger partial charge in [0.25, 0.3) is 0 Å². The highest BCUT2D eigenvalue weighted by atomic mass is 32.2. The van der Waals surface area contributed by atoms with Gasteiger partial charge in [-0.25, -0.2) is 8.42 Å². The van der Waals surface area contributed by atoms with Crippen molar-refractivity contribution in [2.75, 3.05) is 18.6 Å². The summed E-state index contributed by atoms with van der Waals surface area (Å²) < 4.78 is 22.6. The zero-order valence-electron chi connectivity index (χ0n) is 8.91. The lowest BCUT2D eigenvalue weighted by Gasteiger charge is -2.34. The van der Waals surface area contributed by atoms with Crippen LogP contribution in [0.4, 0.5) is 0 Å². The van der Waals surface area contributed by atoms with Gasteiger partial charge in [0, 0.05) is 13.5 Å². The quantitative estimate of drug-likeness (QED) is 0.677. The monoisotopic (exact) mass is 219 g/mol. The van der Waals surface area contributed by atoms with Crippen LogP contribution in [0.1, 0.15) is 26.7 Å². The lowest BCUT2D eigenvalue weighted by molar-refractivity contribution is -0.134. The maximum Gasteiger partial charge on any atom is 0.222 e. The van der Waals surface area contributed by atoms with Crippen LogP contribution in [-0.4, -0.2) is 43.3 Å². The van der Waals surface area contributed by atoms with E-state index in [1.165, 1.54) is 0 Å². The van der Waals surface area contributed by atoms with Gasteiger partial charge in [0.15, 0.2) is 9.84 Å². The lowest BCUT2D eigenvalue weighted by atomic mass is 10.00. The highest BCUT2D eigenvalue weighted by molar-refractivity contribution is 7.91. The Kier molecular flexibility index (Phi) is 2.90. The van der Waals surface area contributed by atoms with E-state index in [0.717, 1.165) is 0 Å². The summed E-state index contributed by atoms with van der Waals surface area (Å²) >= 11 is 0. The molecule has 0 saturated carbocycles. The molecule has 1 aliphatic heterocycles. The summed E-state index contributed by atoms with van der Waals surface area (Å²) in [5.74, 6) is 0.303. The first-order valence-electron chi connectivity index (χ1n) is 4.78. The van der Waals surface area contributed by atoms with Gasteiger partial charge in [0.1, 0.15) is 0 Å². The number of hydrogen-bond acceptors (Lipinski definition) is 3. The van der Waals surface area contributed by atoms with Crippen LogP contribution in [0.15, 0.2) is 0 Å². The zero-order chi connectivity index (χ0) is 11.0. The number of carbonyl (C=O) groups is 1. The fourth-order valence-electron chi connectivity index (χ4n) is 1.80. The minimum atomic E-state index is -2.93. The Morgan fingerprint density at radius 2 is 2.07 bits per heavy atom. The normalized spacial score (nSPS) is 30.2. The average molecular weight is 219 g/mol. The number of carbonyl (C=O) groups excluding carboxylic acids is 1. The molecule has 0 aromatic heterocycles. The van der Waals surface area contributed by atoms with Gasteiger partial charge in [-0.1, -0.05) is 6.92 Å². The van der Waals surface area contributed by atoms with Crippen LogP contribution in [0.25, 0.3) is 0 Å².